The molecule has 1 aliphatic heterocycles. The molecule has 118 valence electrons. The lowest BCUT2D eigenvalue weighted by Gasteiger charge is -2.31. The Morgan fingerprint density at radius 2 is 2.00 bits per heavy atom. The van der Waals surface area contributed by atoms with E-state index in [2.05, 4.69) is 10.3 Å². The predicted octanol–water partition coefficient (Wildman–Crippen LogP) is 2.10. The van der Waals surface area contributed by atoms with Gasteiger partial charge in [-0.3, -0.25) is 0 Å². The van der Waals surface area contributed by atoms with Gasteiger partial charge >= 0.3 is 0 Å². The van der Waals surface area contributed by atoms with Crippen molar-refractivity contribution in [2.75, 3.05) is 13.1 Å². The molecule has 1 fully saturated rings. The van der Waals surface area contributed by atoms with Crippen molar-refractivity contribution < 1.29 is 12.8 Å². The number of nitrogens with zero attached hydrogens (tertiary/aromatic N) is 4. The second kappa shape index (κ2) is 5.94. The van der Waals surface area contributed by atoms with Gasteiger partial charge in [-0.25, -0.2) is 17.5 Å². The van der Waals surface area contributed by atoms with Crippen LogP contribution in [0.2, 0.25) is 5.02 Å². The molecule has 1 aromatic heterocycles. The Bertz CT molecular complexity index is 738. The maximum Gasteiger partial charge on any atom is 0.247 e. The van der Waals surface area contributed by atoms with E-state index in [-0.39, 0.29) is 24.2 Å². The molecule has 22 heavy (non-hydrogen) atoms. The van der Waals surface area contributed by atoms with Gasteiger partial charge in [0, 0.05) is 19.3 Å². The second-order valence-corrected chi connectivity index (χ2v) is 7.35. The van der Waals surface area contributed by atoms with Crippen LogP contribution in [-0.4, -0.2) is 40.8 Å². The Morgan fingerprint density at radius 3 is 2.59 bits per heavy atom. The minimum absolute atomic E-state index is 0.0987. The molecule has 1 aliphatic rings. The molecule has 0 aliphatic carbocycles. The molecule has 0 bridgehead atoms. The first-order valence-corrected chi connectivity index (χ1v) is 8.62. The SMILES string of the molecule is O=S(=O)(c1c(F)cccc1Cl)N1CCC(n2ccnn2)CC1. The van der Waals surface area contributed by atoms with Crippen LogP contribution in [0.4, 0.5) is 4.39 Å². The summed E-state index contributed by atoms with van der Waals surface area (Å²) in [6.45, 7) is 0.578. The minimum Gasteiger partial charge on any atom is -0.249 e. The lowest BCUT2D eigenvalue weighted by Crippen LogP contribution is -2.39. The molecule has 1 saturated heterocycles. The highest BCUT2D eigenvalue weighted by Crippen LogP contribution is 2.31. The highest BCUT2D eigenvalue weighted by atomic mass is 35.5. The van der Waals surface area contributed by atoms with Gasteiger partial charge in [0.1, 0.15) is 10.7 Å². The minimum atomic E-state index is -3.93. The van der Waals surface area contributed by atoms with Gasteiger partial charge in [-0.1, -0.05) is 22.9 Å². The lowest BCUT2D eigenvalue weighted by molar-refractivity contribution is 0.258. The van der Waals surface area contributed by atoms with Crippen molar-refractivity contribution in [2.24, 2.45) is 0 Å². The fourth-order valence-corrected chi connectivity index (χ4v) is 4.65. The van der Waals surface area contributed by atoms with Crippen LogP contribution in [-0.2, 0) is 10.0 Å². The van der Waals surface area contributed by atoms with Crippen LogP contribution in [0, 0.1) is 5.82 Å². The van der Waals surface area contributed by atoms with Gasteiger partial charge in [0.15, 0.2) is 0 Å². The van der Waals surface area contributed by atoms with E-state index in [1.165, 1.54) is 16.4 Å². The van der Waals surface area contributed by atoms with Crippen molar-refractivity contribution in [1.82, 2.24) is 19.3 Å². The summed E-state index contributed by atoms with van der Waals surface area (Å²) in [6.07, 6.45) is 4.52. The maximum atomic E-state index is 13.9. The van der Waals surface area contributed by atoms with Gasteiger partial charge in [0.05, 0.1) is 17.3 Å². The third-order valence-corrected chi connectivity index (χ3v) is 6.16. The monoisotopic (exact) mass is 344 g/mol. The van der Waals surface area contributed by atoms with Crippen LogP contribution in [0.25, 0.3) is 0 Å². The summed E-state index contributed by atoms with van der Waals surface area (Å²) in [7, 11) is -3.93. The molecule has 0 atom stereocenters. The summed E-state index contributed by atoms with van der Waals surface area (Å²) in [5.74, 6) is -0.828. The highest BCUT2D eigenvalue weighted by molar-refractivity contribution is 7.89. The summed E-state index contributed by atoms with van der Waals surface area (Å²) in [6, 6.07) is 3.96. The van der Waals surface area contributed by atoms with E-state index in [1.54, 1.807) is 17.1 Å². The third-order valence-electron chi connectivity index (χ3n) is 3.76. The van der Waals surface area contributed by atoms with Crippen LogP contribution >= 0.6 is 11.6 Å². The Kier molecular flexibility index (Phi) is 4.16. The fraction of sp³-hybridized carbons (Fsp3) is 0.385. The first kappa shape index (κ1) is 15.4. The van der Waals surface area contributed by atoms with Gasteiger partial charge in [0.25, 0.3) is 0 Å². The lowest BCUT2D eigenvalue weighted by atomic mass is 10.1. The number of piperidine rings is 1. The van der Waals surface area contributed by atoms with E-state index in [4.69, 9.17) is 11.6 Å². The Hall–Kier alpha value is -1.51. The second-order valence-electron chi connectivity index (χ2n) is 5.07. The average Bonchev–Trinajstić information content (AvgIpc) is 3.01. The Labute approximate surface area is 132 Å². The zero-order valence-corrected chi connectivity index (χ0v) is 13.1. The number of benzene rings is 1. The van der Waals surface area contributed by atoms with E-state index < -0.39 is 20.7 Å². The van der Waals surface area contributed by atoms with Crippen LogP contribution in [0.3, 0.4) is 0 Å². The van der Waals surface area contributed by atoms with Gasteiger partial charge in [-0.15, -0.1) is 5.10 Å². The van der Waals surface area contributed by atoms with E-state index in [1.807, 2.05) is 0 Å². The van der Waals surface area contributed by atoms with Gasteiger partial charge in [0.2, 0.25) is 10.0 Å². The molecular weight excluding hydrogens is 331 g/mol. The van der Waals surface area contributed by atoms with Crippen molar-refractivity contribution in [1.29, 1.82) is 0 Å². The van der Waals surface area contributed by atoms with E-state index in [0.717, 1.165) is 6.07 Å². The molecule has 2 heterocycles. The average molecular weight is 345 g/mol. The molecule has 0 unspecified atom stereocenters. The van der Waals surface area contributed by atoms with Gasteiger partial charge < -0.3 is 0 Å². The molecular formula is C13H14ClFN4O2S. The molecule has 3 rings (SSSR count). The van der Waals surface area contributed by atoms with Crippen molar-refractivity contribution in [2.45, 2.75) is 23.8 Å². The van der Waals surface area contributed by atoms with E-state index in [0.29, 0.717) is 12.8 Å². The van der Waals surface area contributed by atoms with Gasteiger partial charge in [-0.05, 0) is 25.0 Å². The Balaban J connectivity index is 1.81. The Morgan fingerprint density at radius 1 is 1.27 bits per heavy atom. The third kappa shape index (κ3) is 2.73. The topological polar surface area (TPSA) is 68.1 Å². The number of hydrogen-bond acceptors (Lipinski definition) is 4. The molecule has 0 amide bonds. The van der Waals surface area contributed by atoms with Crippen LogP contribution < -0.4 is 0 Å². The first-order chi connectivity index (χ1) is 10.5. The standard InChI is InChI=1S/C13H14ClFN4O2S/c14-11-2-1-3-12(15)13(11)22(20,21)18-7-4-10(5-8-18)19-9-6-16-17-19/h1-3,6,9-10H,4-5,7-8H2. The van der Waals surface area contributed by atoms with Crippen LogP contribution in [0.5, 0.6) is 0 Å². The van der Waals surface area contributed by atoms with Crippen LogP contribution in [0.1, 0.15) is 18.9 Å². The highest BCUT2D eigenvalue weighted by Gasteiger charge is 2.33. The molecule has 0 spiro atoms. The van der Waals surface area contributed by atoms with Crippen molar-refractivity contribution in [3.63, 3.8) is 0 Å². The van der Waals surface area contributed by atoms with Crippen molar-refractivity contribution in [3.8, 4) is 0 Å². The smallest absolute Gasteiger partial charge is 0.247 e. The largest absolute Gasteiger partial charge is 0.249 e. The van der Waals surface area contributed by atoms with Crippen molar-refractivity contribution >= 4 is 21.6 Å². The predicted molar refractivity (Wildman–Crippen MR) is 78.5 cm³/mol. The summed E-state index contributed by atoms with van der Waals surface area (Å²) < 4.78 is 42.1. The van der Waals surface area contributed by atoms with Crippen molar-refractivity contribution in [3.05, 3.63) is 41.4 Å². The number of sulfonamides is 1. The molecule has 9 heteroatoms. The molecule has 0 N–H and O–H groups in total. The summed E-state index contributed by atoms with van der Waals surface area (Å²) in [4.78, 5) is -0.448. The normalized spacial score (nSPS) is 17.7. The van der Waals surface area contributed by atoms with Crippen LogP contribution in [0.15, 0.2) is 35.5 Å². The summed E-state index contributed by atoms with van der Waals surface area (Å²) in [5.41, 5.74) is 0. The molecule has 2 aromatic rings. The van der Waals surface area contributed by atoms with E-state index in [9.17, 15) is 12.8 Å². The zero-order chi connectivity index (χ0) is 15.7. The van der Waals surface area contributed by atoms with Gasteiger partial charge in [-0.2, -0.15) is 4.31 Å². The maximum absolute atomic E-state index is 13.9. The zero-order valence-electron chi connectivity index (χ0n) is 11.6. The molecule has 0 saturated carbocycles. The summed E-state index contributed by atoms with van der Waals surface area (Å²) in [5, 5.41) is 7.58. The molecule has 6 nitrogen and oxygen atoms in total. The number of hydrogen-bond donors (Lipinski definition) is 0. The van der Waals surface area contributed by atoms with E-state index >= 15 is 0 Å². The molecule has 1 aromatic carbocycles. The number of aromatic nitrogens is 3. The molecule has 0 radical (unpaired) electrons. The quantitative estimate of drug-likeness (QED) is 0.855. The first-order valence-electron chi connectivity index (χ1n) is 6.80. The number of halogens is 2. The summed E-state index contributed by atoms with van der Waals surface area (Å²) >= 11 is 5.87. The number of rotatable bonds is 3. The fourth-order valence-electron chi connectivity index (χ4n) is 2.62.